The van der Waals surface area contributed by atoms with Gasteiger partial charge in [-0.05, 0) is 29.5 Å². The first-order chi connectivity index (χ1) is 13.9. The smallest absolute Gasteiger partial charge is 0.311 e. The van der Waals surface area contributed by atoms with Gasteiger partial charge in [-0.2, -0.15) is 13.5 Å². The lowest BCUT2D eigenvalue weighted by atomic mass is 9.87. The van der Waals surface area contributed by atoms with Gasteiger partial charge in [0.25, 0.3) is 10.0 Å². The van der Waals surface area contributed by atoms with Crippen LogP contribution in [-0.2, 0) is 15.4 Å². The molecule has 0 spiro atoms. The lowest BCUT2D eigenvalue weighted by Crippen LogP contribution is -2.21. The molecule has 10 heteroatoms. The molecule has 0 aliphatic carbocycles. The summed E-state index contributed by atoms with van der Waals surface area (Å²) in [6.07, 6.45) is 1.14. The van der Waals surface area contributed by atoms with E-state index in [1.807, 2.05) is 26.8 Å². The van der Waals surface area contributed by atoms with Crippen LogP contribution in [0.25, 0.3) is 0 Å². The molecule has 0 saturated carbocycles. The zero-order valence-electron chi connectivity index (χ0n) is 17.7. The first kappa shape index (κ1) is 23.1. The van der Waals surface area contributed by atoms with Gasteiger partial charge in [0.15, 0.2) is 0 Å². The van der Waals surface area contributed by atoms with Gasteiger partial charge >= 0.3 is 5.69 Å². The predicted octanol–water partition coefficient (Wildman–Crippen LogP) is 3.53. The van der Waals surface area contributed by atoms with E-state index in [4.69, 9.17) is 9.47 Å². The maximum absolute atomic E-state index is 12.8. The number of nitrogens with one attached hydrogen (secondary N) is 1. The molecule has 0 aliphatic rings. The second-order valence-corrected chi connectivity index (χ2v) is 9.24. The van der Waals surface area contributed by atoms with Crippen LogP contribution in [0.15, 0.2) is 40.3 Å². The minimum Gasteiger partial charge on any atom is -0.496 e. The van der Waals surface area contributed by atoms with Crippen LogP contribution >= 0.6 is 0 Å². The van der Waals surface area contributed by atoms with Crippen LogP contribution in [0, 0.1) is 17.0 Å². The van der Waals surface area contributed by atoms with Gasteiger partial charge < -0.3 is 9.47 Å². The molecular weight excluding hydrogens is 410 g/mol. The van der Waals surface area contributed by atoms with E-state index in [9.17, 15) is 18.5 Å². The standard InChI is InChI=1S/C20H25N3O6S/c1-13-7-8-15(20(2,3)4)10-19(13)30(26,27)22-21-12-14-9-16(23(24)25)18(29-6)11-17(14)28-5/h7-12,22H,1-6H3/b21-12+. The quantitative estimate of drug-likeness (QED) is 0.403. The number of hydrogen-bond acceptors (Lipinski definition) is 7. The Labute approximate surface area is 175 Å². The molecule has 0 fully saturated rings. The molecule has 9 nitrogen and oxygen atoms in total. The molecule has 162 valence electrons. The van der Waals surface area contributed by atoms with Crippen molar-refractivity contribution in [1.29, 1.82) is 0 Å². The number of hydrazone groups is 1. The van der Waals surface area contributed by atoms with Crippen molar-refractivity contribution in [2.24, 2.45) is 5.10 Å². The summed E-state index contributed by atoms with van der Waals surface area (Å²) in [7, 11) is -1.27. The molecule has 0 radical (unpaired) electrons. The Hall–Kier alpha value is -3.14. The summed E-state index contributed by atoms with van der Waals surface area (Å²) in [4.78, 5) is 12.9. The Bertz CT molecular complexity index is 1090. The predicted molar refractivity (Wildman–Crippen MR) is 114 cm³/mol. The number of rotatable bonds is 7. The summed E-state index contributed by atoms with van der Waals surface area (Å²) in [5.74, 6) is 0.260. The first-order valence-corrected chi connectivity index (χ1v) is 10.5. The van der Waals surface area contributed by atoms with Gasteiger partial charge in [-0.15, -0.1) is 0 Å². The van der Waals surface area contributed by atoms with E-state index in [0.29, 0.717) is 5.56 Å². The minimum atomic E-state index is -3.95. The van der Waals surface area contributed by atoms with E-state index in [0.717, 1.165) is 11.8 Å². The number of methoxy groups -OCH3 is 2. The molecular formula is C20H25N3O6S. The molecule has 1 N–H and O–H groups in total. The van der Waals surface area contributed by atoms with Crippen molar-refractivity contribution in [2.45, 2.75) is 38.0 Å². The molecule has 0 aliphatic heterocycles. The van der Waals surface area contributed by atoms with Gasteiger partial charge in [-0.25, -0.2) is 4.83 Å². The van der Waals surface area contributed by atoms with Crippen LogP contribution in [0.3, 0.4) is 0 Å². The monoisotopic (exact) mass is 435 g/mol. The van der Waals surface area contributed by atoms with Gasteiger partial charge in [-0.1, -0.05) is 32.9 Å². The van der Waals surface area contributed by atoms with E-state index < -0.39 is 14.9 Å². The van der Waals surface area contributed by atoms with Crippen molar-refractivity contribution in [3.63, 3.8) is 0 Å². The average molecular weight is 436 g/mol. The number of ether oxygens (including phenoxy) is 2. The van der Waals surface area contributed by atoms with Crippen LogP contribution in [0.2, 0.25) is 0 Å². The van der Waals surface area contributed by atoms with E-state index in [1.165, 1.54) is 26.4 Å². The molecule has 0 atom stereocenters. The van der Waals surface area contributed by atoms with Crippen molar-refractivity contribution >= 4 is 21.9 Å². The van der Waals surface area contributed by atoms with Crippen LogP contribution in [0.1, 0.15) is 37.5 Å². The van der Waals surface area contributed by atoms with E-state index in [1.54, 1.807) is 19.1 Å². The topological polar surface area (TPSA) is 120 Å². The minimum absolute atomic E-state index is 0.0178. The highest BCUT2D eigenvalue weighted by molar-refractivity contribution is 7.89. The Morgan fingerprint density at radius 1 is 1.10 bits per heavy atom. The maximum atomic E-state index is 12.8. The fourth-order valence-electron chi connectivity index (χ4n) is 2.72. The lowest BCUT2D eigenvalue weighted by Gasteiger charge is -2.20. The first-order valence-electron chi connectivity index (χ1n) is 8.97. The number of nitro groups is 1. The Morgan fingerprint density at radius 3 is 2.27 bits per heavy atom. The summed E-state index contributed by atoms with van der Waals surface area (Å²) in [6.45, 7) is 7.66. The molecule has 2 rings (SSSR count). The molecule has 0 heterocycles. The Balaban J connectivity index is 2.39. The van der Waals surface area contributed by atoms with Crippen LogP contribution in [0.5, 0.6) is 11.5 Å². The molecule has 2 aromatic carbocycles. The molecule has 0 unspecified atom stereocenters. The summed E-state index contributed by atoms with van der Waals surface area (Å²) in [5.41, 5.74) is 1.13. The summed E-state index contributed by atoms with van der Waals surface area (Å²) < 4.78 is 35.7. The molecule has 30 heavy (non-hydrogen) atoms. The molecule has 0 amide bonds. The van der Waals surface area contributed by atoms with Crippen molar-refractivity contribution in [3.05, 3.63) is 57.1 Å². The van der Waals surface area contributed by atoms with Gasteiger partial charge in [0.2, 0.25) is 5.75 Å². The fourth-order valence-corrected chi connectivity index (χ4v) is 3.78. The fraction of sp³-hybridized carbons (Fsp3) is 0.350. The van der Waals surface area contributed by atoms with E-state index in [-0.39, 0.29) is 33.1 Å². The van der Waals surface area contributed by atoms with Crippen molar-refractivity contribution in [1.82, 2.24) is 4.83 Å². The highest BCUT2D eigenvalue weighted by atomic mass is 32.2. The number of aryl methyl sites for hydroxylation is 1. The summed E-state index contributed by atoms with van der Waals surface area (Å²) >= 11 is 0. The average Bonchev–Trinajstić information content (AvgIpc) is 2.66. The Kier molecular flexibility index (Phi) is 6.71. The SMILES string of the molecule is COc1cc(OC)c([N+](=O)[O-])cc1/C=N/NS(=O)(=O)c1cc(C(C)(C)C)ccc1C. The van der Waals surface area contributed by atoms with Crippen LogP contribution in [-0.4, -0.2) is 33.8 Å². The number of benzene rings is 2. The molecule has 0 aromatic heterocycles. The highest BCUT2D eigenvalue weighted by Crippen LogP contribution is 2.33. The third-order valence-electron chi connectivity index (χ3n) is 4.45. The van der Waals surface area contributed by atoms with Crippen LogP contribution < -0.4 is 14.3 Å². The zero-order chi connectivity index (χ0) is 22.7. The zero-order valence-corrected chi connectivity index (χ0v) is 18.5. The maximum Gasteiger partial charge on any atom is 0.311 e. The third kappa shape index (κ3) is 5.07. The number of nitro benzene ring substituents is 1. The number of sulfonamides is 1. The molecule has 2 aromatic rings. The Morgan fingerprint density at radius 2 is 1.73 bits per heavy atom. The van der Waals surface area contributed by atoms with Gasteiger partial charge in [0, 0.05) is 17.7 Å². The normalized spacial score (nSPS) is 12.1. The summed E-state index contributed by atoms with van der Waals surface area (Å²) in [6, 6.07) is 7.78. The highest BCUT2D eigenvalue weighted by Gasteiger charge is 2.22. The van der Waals surface area contributed by atoms with Crippen molar-refractivity contribution in [3.8, 4) is 11.5 Å². The van der Waals surface area contributed by atoms with Gasteiger partial charge in [0.1, 0.15) is 5.75 Å². The molecule has 0 saturated heterocycles. The second-order valence-electron chi connectivity index (χ2n) is 7.61. The van der Waals surface area contributed by atoms with E-state index in [2.05, 4.69) is 9.93 Å². The number of nitrogens with zero attached hydrogens (tertiary/aromatic N) is 2. The van der Waals surface area contributed by atoms with Gasteiger partial charge in [0.05, 0.1) is 30.3 Å². The largest absolute Gasteiger partial charge is 0.496 e. The van der Waals surface area contributed by atoms with Crippen LogP contribution in [0.4, 0.5) is 5.69 Å². The lowest BCUT2D eigenvalue weighted by molar-refractivity contribution is -0.385. The molecule has 0 bridgehead atoms. The van der Waals surface area contributed by atoms with E-state index >= 15 is 0 Å². The third-order valence-corrected chi connectivity index (χ3v) is 5.81. The van der Waals surface area contributed by atoms with Crippen molar-refractivity contribution < 1.29 is 22.8 Å². The van der Waals surface area contributed by atoms with Crippen molar-refractivity contribution in [2.75, 3.05) is 14.2 Å². The summed E-state index contributed by atoms with van der Waals surface area (Å²) in [5, 5.41) is 15.0. The number of hydrogen-bond donors (Lipinski definition) is 1. The van der Waals surface area contributed by atoms with Gasteiger partial charge in [-0.3, -0.25) is 10.1 Å². The second kappa shape index (κ2) is 8.70.